The van der Waals surface area contributed by atoms with Crippen LogP contribution in [0.2, 0.25) is 0 Å². The fraction of sp³-hybridized carbons (Fsp3) is 0.375. The lowest BCUT2D eigenvalue weighted by molar-refractivity contribution is -0.118. The van der Waals surface area contributed by atoms with E-state index in [-0.39, 0.29) is 12.5 Å². The highest BCUT2D eigenvalue weighted by atomic mass is 16.5. The highest BCUT2D eigenvalue weighted by Gasteiger charge is 2.18. The molecule has 0 bridgehead atoms. The first-order valence-corrected chi connectivity index (χ1v) is 7.68. The van der Waals surface area contributed by atoms with E-state index in [0.717, 1.165) is 30.0 Å². The van der Waals surface area contributed by atoms with E-state index in [0.29, 0.717) is 24.7 Å². The van der Waals surface area contributed by atoms with Crippen molar-refractivity contribution >= 4 is 11.7 Å². The Morgan fingerprint density at radius 2 is 2.00 bits per heavy atom. The van der Waals surface area contributed by atoms with Crippen LogP contribution in [-0.2, 0) is 17.8 Å². The first kappa shape index (κ1) is 15.4. The number of ether oxygens (including phenoxy) is 2. The molecule has 0 radical (unpaired) electrons. The van der Waals surface area contributed by atoms with Gasteiger partial charge in [-0.1, -0.05) is 0 Å². The summed E-state index contributed by atoms with van der Waals surface area (Å²) in [6.45, 7) is 4.11. The van der Waals surface area contributed by atoms with Crippen LogP contribution in [-0.4, -0.2) is 35.9 Å². The SMILES string of the molecule is CCOc1ccc(OCC(=O)Nc2n[nH]c3c2CNCC3)cc1. The lowest BCUT2D eigenvalue weighted by Gasteiger charge is -2.13. The average molecular weight is 316 g/mol. The lowest BCUT2D eigenvalue weighted by atomic mass is 10.1. The van der Waals surface area contributed by atoms with Crippen LogP contribution in [0, 0.1) is 0 Å². The van der Waals surface area contributed by atoms with E-state index >= 15 is 0 Å². The Morgan fingerprint density at radius 3 is 2.74 bits per heavy atom. The molecule has 23 heavy (non-hydrogen) atoms. The van der Waals surface area contributed by atoms with Crippen LogP contribution >= 0.6 is 0 Å². The van der Waals surface area contributed by atoms with Gasteiger partial charge in [0.25, 0.3) is 5.91 Å². The van der Waals surface area contributed by atoms with Gasteiger partial charge >= 0.3 is 0 Å². The molecule has 2 aromatic rings. The predicted octanol–water partition coefficient (Wildman–Crippen LogP) is 1.47. The van der Waals surface area contributed by atoms with Gasteiger partial charge < -0.3 is 20.1 Å². The second-order valence-corrected chi connectivity index (χ2v) is 5.20. The number of hydrogen-bond donors (Lipinski definition) is 3. The number of aromatic nitrogens is 2. The summed E-state index contributed by atoms with van der Waals surface area (Å²) >= 11 is 0. The first-order chi connectivity index (χ1) is 11.3. The summed E-state index contributed by atoms with van der Waals surface area (Å²) in [6.07, 6.45) is 0.890. The fourth-order valence-electron chi connectivity index (χ4n) is 2.44. The average Bonchev–Trinajstić information content (AvgIpc) is 2.98. The van der Waals surface area contributed by atoms with Crippen LogP contribution in [0.3, 0.4) is 0 Å². The van der Waals surface area contributed by atoms with Crippen LogP contribution in [0.15, 0.2) is 24.3 Å². The molecule has 0 atom stereocenters. The third kappa shape index (κ3) is 3.81. The maximum atomic E-state index is 12.0. The second kappa shape index (κ2) is 7.15. The minimum atomic E-state index is -0.237. The second-order valence-electron chi connectivity index (χ2n) is 5.20. The number of nitrogens with zero attached hydrogens (tertiary/aromatic N) is 1. The van der Waals surface area contributed by atoms with Gasteiger partial charge in [-0.2, -0.15) is 5.10 Å². The number of benzene rings is 1. The summed E-state index contributed by atoms with van der Waals surface area (Å²) in [4.78, 5) is 12.0. The van der Waals surface area contributed by atoms with E-state index in [4.69, 9.17) is 9.47 Å². The molecule has 7 heteroatoms. The van der Waals surface area contributed by atoms with Crippen LogP contribution in [0.1, 0.15) is 18.2 Å². The zero-order chi connectivity index (χ0) is 16.1. The van der Waals surface area contributed by atoms with Crippen LogP contribution in [0.5, 0.6) is 11.5 Å². The third-order valence-electron chi connectivity index (χ3n) is 3.57. The lowest BCUT2D eigenvalue weighted by Crippen LogP contribution is -2.25. The molecule has 1 aliphatic heterocycles. The highest BCUT2D eigenvalue weighted by molar-refractivity contribution is 5.91. The summed E-state index contributed by atoms with van der Waals surface area (Å²) in [7, 11) is 0. The molecule has 1 aromatic heterocycles. The van der Waals surface area contributed by atoms with Gasteiger partial charge in [0, 0.05) is 30.8 Å². The Labute approximate surface area is 134 Å². The molecule has 1 aromatic carbocycles. The van der Waals surface area contributed by atoms with E-state index in [1.54, 1.807) is 12.1 Å². The van der Waals surface area contributed by atoms with Gasteiger partial charge in [-0.3, -0.25) is 9.89 Å². The molecule has 0 saturated heterocycles. The number of rotatable bonds is 6. The number of anilines is 1. The summed E-state index contributed by atoms with van der Waals surface area (Å²) in [6, 6.07) is 7.18. The number of aromatic amines is 1. The van der Waals surface area contributed by atoms with Crippen molar-refractivity contribution in [1.82, 2.24) is 15.5 Å². The van der Waals surface area contributed by atoms with Gasteiger partial charge in [-0.25, -0.2) is 0 Å². The van der Waals surface area contributed by atoms with Crippen molar-refractivity contribution in [2.75, 3.05) is 25.1 Å². The van der Waals surface area contributed by atoms with Crippen molar-refractivity contribution in [3.63, 3.8) is 0 Å². The van der Waals surface area contributed by atoms with Gasteiger partial charge in [-0.05, 0) is 31.2 Å². The number of nitrogens with one attached hydrogen (secondary N) is 3. The molecule has 2 heterocycles. The van der Waals surface area contributed by atoms with Crippen molar-refractivity contribution in [3.05, 3.63) is 35.5 Å². The molecule has 0 spiro atoms. The van der Waals surface area contributed by atoms with Gasteiger partial charge in [0.15, 0.2) is 12.4 Å². The maximum Gasteiger partial charge on any atom is 0.263 e. The van der Waals surface area contributed by atoms with Gasteiger partial charge in [-0.15, -0.1) is 0 Å². The Morgan fingerprint density at radius 1 is 1.26 bits per heavy atom. The minimum Gasteiger partial charge on any atom is -0.494 e. The number of hydrogen-bond acceptors (Lipinski definition) is 5. The largest absolute Gasteiger partial charge is 0.494 e. The number of carbonyl (C=O) groups excluding carboxylic acids is 1. The molecule has 1 aliphatic rings. The van der Waals surface area contributed by atoms with E-state index in [2.05, 4.69) is 20.8 Å². The van der Waals surface area contributed by atoms with Crippen molar-refractivity contribution < 1.29 is 14.3 Å². The zero-order valence-corrected chi connectivity index (χ0v) is 13.0. The molecular formula is C16H20N4O3. The van der Waals surface area contributed by atoms with Crippen molar-refractivity contribution in [3.8, 4) is 11.5 Å². The van der Waals surface area contributed by atoms with Crippen molar-refractivity contribution in [2.45, 2.75) is 19.9 Å². The van der Waals surface area contributed by atoms with Crippen molar-refractivity contribution in [2.24, 2.45) is 0 Å². The Balaban J connectivity index is 1.52. The smallest absolute Gasteiger partial charge is 0.263 e. The highest BCUT2D eigenvalue weighted by Crippen LogP contribution is 2.20. The summed E-state index contributed by atoms with van der Waals surface area (Å²) in [5.74, 6) is 1.74. The zero-order valence-electron chi connectivity index (χ0n) is 13.0. The number of carbonyl (C=O) groups is 1. The number of amides is 1. The molecule has 0 fully saturated rings. The molecule has 0 unspecified atom stereocenters. The fourth-order valence-corrected chi connectivity index (χ4v) is 2.44. The Hall–Kier alpha value is -2.54. The molecular weight excluding hydrogens is 296 g/mol. The number of fused-ring (bicyclic) bond motifs is 1. The molecule has 7 nitrogen and oxygen atoms in total. The van der Waals surface area contributed by atoms with Crippen molar-refractivity contribution in [1.29, 1.82) is 0 Å². The topological polar surface area (TPSA) is 88.3 Å². The first-order valence-electron chi connectivity index (χ1n) is 7.68. The third-order valence-corrected chi connectivity index (χ3v) is 3.57. The molecule has 3 rings (SSSR count). The Bertz CT molecular complexity index is 666. The quantitative estimate of drug-likeness (QED) is 0.751. The Kier molecular flexibility index (Phi) is 4.77. The minimum absolute atomic E-state index is 0.0664. The van der Waals surface area contributed by atoms with Crippen LogP contribution in [0.4, 0.5) is 5.82 Å². The standard InChI is InChI=1S/C16H20N4O3/c1-2-22-11-3-5-12(6-4-11)23-10-15(21)18-16-13-9-17-8-7-14(13)19-20-16/h3-6,17H,2,7-10H2,1H3,(H2,18,19,20,21). The molecule has 3 N–H and O–H groups in total. The van der Waals surface area contributed by atoms with E-state index in [1.165, 1.54) is 0 Å². The predicted molar refractivity (Wildman–Crippen MR) is 85.7 cm³/mol. The monoisotopic (exact) mass is 316 g/mol. The summed E-state index contributed by atoms with van der Waals surface area (Å²) in [5.41, 5.74) is 2.09. The van der Waals surface area contributed by atoms with Crippen LogP contribution < -0.4 is 20.1 Å². The number of H-pyrrole nitrogens is 1. The van der Waals surface area contributed by atoms with Crippen LogP contribution in [0.25, 0.3) is 0 Å². The summed E-state index contributed by atoms with van der Waals surface area (Å²) in [5, 5.41) is 13.2. The summed E-state index contributed by atoms with van der Waals surface area (Å²) < 4.78 is 10.8. The maximum absolute atomic E-state index is 12.0. The van der Waals surface area contributed by atoms with Gasteiger partial charge in [0.2, 0.25) is 0 Å². The van der Waals surface area contributed by atoms with Gasteiger partial charge in [0.1, 0.15) is 11.5 Å². The normalized spacial score (nSPS) is 13.3. The molecule has 0 aliphatic carbocycles. The molecule has 0 saturated carbocycles. The molecule has 1 amide bonds. The van der Waals surface area contributed by atoms with E-state index < -0.39 is 0 Å². The van der Waals surface area contributed by atoms with Gasteiger partial charge in [0.05, 0.1) is 6.61 Å². The van der Waals surface area contributed by atoms with E-state index in [1.807, 2.05) is 19.1 Å². The molecule has 122 valence electrons. The van der Waals surface area contributed by atoms with E-state index in [9.17, 15) is 4.79 Å².